The SMILES string of the molecule is COC(=O)C1(C=O)C=CC=CC1. The zero-order valence-corrected chi connectivity index (χ0v) is 6.82. The van der Waals surface area contributed by atoms with E-state index in [0.717, 1.165) is 0 Å². The quantitative estimate of drug-likeness (QED) is 0.347. The van der Waals surface area contributed by atoms with E-state index in [1.54, 1.807) is 24.3 Å². The lowest BCUT2D eigenvalue weighted by Gasteiger charge is -2.20. The van der Waals surface area contributed by atoms with Gasteiger partial charge in [0.2, 0.25) is 0 Å². The van der Waals surface area contributed by atoms with Gasteiger partial charge in [-0.2, -0.15) is 0 Å². The van der Waals surface area contributed by atoms with Gasteiger partial charge in [0.1, 0.15) is 11.7 Å². The molecule has 0 aromatic rings. The molecule has 3 nitrogen and oxygen atoms in total. The minimum Gasteiger partial charge on any atom is -0.468 e. The summed E-state index contributed by atoms with van der Waals surface area (Å²) in [5, 5.41) is 0. The number of hydrogen-bond donors (Lipinski definition) is 0. The van der Waals surface area contributed by atoms with Gasteiger partial charge in [0.15, 0.2) is 0 Å². The molecule has 0 radical (unpaired) electrons. The number of esters is 1. The van der Waals surface area contributed by atoms with Gasteiger partial charge in [-0.1, -0.05) is 24.3 Å². The predicted octanol–water partition coefficient (Wildman–Crippen LogP) is 0.861. The van der Waals surface area contributed by atoms with Gasteiger partial charge in [-0.3, -0.25) is 4.79 Å². The number of methoxy groups -OCH3 is 1. The summed E-state index contributed by atoms with van der Waals surface area (Å²) >= 11 is 0. The molecule has 1 atom stereocenters. The van der Waals surface area contributed by atoms with Gasteiger partial charge in [-0.05, 0) is 6.42 Å². The van der Waals surface area contributed by atoms with Crippen LogP contribution < -0.4 is 0 Å². The molecule has 1 unspecified atom stereocenters. The molecule has 12 heavy (non-hydrogen) atoms. The first-order chi connectivity index (χ1) is 5.75. The maximum absolute atomic E-state index is 11.2. The monoisotopic (exact) mass is 166 g/mol. The second-order valence-corrected chi connectivity index (χ2v) is 2.64. The molecule has 0 aromatic heterocycles. The zero-order chi connectivity index (χ0) is 9.03. The van der Waals surface area contributed by atoms with Crippen molar-refractivity contribution in [3.63, 3.8) is 0 Å². The number of allylic oxidation sites excluding steroid dienone is 3. The molecular weight excluding hydrogens is 156 g/mol. The fourth-order valence-corrected chi connectivity index (χ4v) is 1.11. The molecule has 0 heterocycles. The lowest BCUT2D eigenvalue weighted by molar-refractivity contribution is -0.151. The zero-order valence-electron chi connectivity index (χ0n) is 6.82. The van der Waals surface area contributed by atoms with E-state index in [0.29, 0.717) is 12.7 Å². The molecule has 1 aliphatic rings. The van der Waals surface area contributed by atoms with Crippen molar-refractivity contribution in [2.75, 3.05) is 7.11 Å². The third kappa shape index (κ3) is 1.30. The van der Waals surface area contributed by atoms with E-state index in [-0.39, 0.29) is 0 Å². The summed E-state index contributed by atoms with van der Waals surface area (Å²) in [5.41, 5.74) is -1.08. The van der Waals surface area contributed by atoms with Crippen molar-refractivity contribution >= 4 is 12.3 Å². The minimum atomic E-state index is -1.08. The number of carbonyl (C=O) groups excluding carboxylic acids is 2. The van der Waals surface area contributed by atoms with Crippen LogP contribution in [0.5, 0.6) is 0 Å². The summed E-state index contributed by atoms with van der Waals surface area (Å²) in [7, 11) is 1.28. The maximum Gasteiger partial charge on any atom is 0.323 e. The van der Waals surface area contributed by atoms with Gasteiger partial charge in [-0.25, -0.2) is 0 Å². The minimum absolute atomic E-state index is 0.389. The fraction of sp³-hybridized carbons (Fsp3) is 0.333. The summed E-state index contributed by atoms with van der Waals surface area (Å²) in [4.78, 5) is 21.9. The molecule has 64 valence electrons. The highest BCUT2D eigenvalue weighted by Crippen LogP contribution is 2.26. The molecule has 0 saturated heterocycles. The van der Waals surface area contributed by atoms with Gasteiger partial charge in [0.05, 0.1) is 7.11 Å². The first-order valence-electron chi connectivity index (χ1n) is 3.64. The Morgan fingerprint density at radius 2 is 2.33 bits per heavy atom. The first-order valence-corrected chi connectivity index (χ1v) is 3.64. The van der Waals surface area contributed by atoms with Crippen LogP contribution in [0.1, 0.15) is 6.42 Å². The Morgan fingerprint density at radius 3 is 2.75 bits per heavy atom. The second kappa shape index (κ2) is 3.34. The van der Waals surface area contributed by atoms with E-state index in [1.807, 2.05) is 0 Å². The lowest BCUT2D eigenvalue weighted by atomic mass is 9.83. The van der Waals surface area contributed by atoms with Gasteiger partial charge >= 0.3 is 5.97 Å². The van der Waals surface area contributed by atoms with Crippen molar-refractivity contribution in [3.05, 3.63) is 24.3 Å². The predicted molar refractivity (Wildman–Crippen MR) is 43.4 cm³/mol. The molecule has 0 bridgehead atoms. The third-order valence-electron chi connectivity index (χ3n) is 1.87. The van der Waals surface area contributed by atoms with E-state index in [1.165, 1.54) is 7.11 Å². The molecule has 0 fully saturated rings. The summed E-state index contributed by atoms with van der Waals surface area (Å²) in [5.74, 6) is -0.502. The molecule has 0 amide bonds. The Hall–Kier alpha value is -1.38. The van der Waals surface area contributed by atoms with Crippen molar-refractivity contribution in [1.29, 1.82) is 0 Å². The van der Waals surface area contributed by atoms with Crippen LogP contribution in [0.15, 0.2) is 24.3 Å². The maximum atomic E-state index is 11.2. The van der Waals surface area contributed by atoms with Crippen LogP contribution in [-0.2, 0) is 14.3 Å². The molecule has 3 heteroatoms. The summed E-state index contributed by atoms with van der Waals surface area (Å²) in [6, 6.07) is 0. The average Bonchev–Trinajstić information content (AvgIpc) is 2.17. The van der Waals surface area contributed by atoms with Gasteiger partial charge in [0, 0.05) is 0 Å². The molecule has 1 aliphatic carbocycles. The van der Waals surface area contributed by atoms with E-state index in [4.69, 9.17) is 0 Å². The molecule has 0 aromatic carbocycles. The van der Waals surface area contributed by atoms with Crippen molar-refractivity contribution in [2.24, 2.45) is 5.41 Å². The topological polar surface area (TPSA) is 43.4 Å². The standard InChI is InChI=1S/C9H10O3/c1-12-8(11)9(7-10)5-3-2-4-6-9/h2-5,7H,6H2,1H3. The van der Waals surface area contributed by atoms with Gasteiger partial charge in [0.25, 0.3) is 0 Å². The molecule has 1 rings (SSSR count). The van der Waals surface area contributed by atoms with E-state index >= 15 is 0 Å². The van der Waals surface area contributed by atoms with Crippen LogP contribution in [0.25, 0.3) is 0 Å². The number of hydrogen-bond acceptors (Lipinski definition) is 3. The summed E-state index contributed by atoms with van der Waals surface area (Å²) < 4.78 is 4.53. The number of carbonyl (C=O) groups is 2. The lowest BCUT2D eigenvalue weighted by Crippen LogP contribution is -2.32. The van der Waals surface area contributed by atoms with Crippen molar-refractivity contribution in [1.82, 2.24) is 0 Å². The van der Waals surface area contributed by atoms with Crippen LogP contribution in [-0.4, -0.2) is 19.4 Å². The Labute approximate surface area is 70.7 Å². The Balaban J connectivity index is 2.90. The average molecular weight is 166 g/mol. The number of ether oxygens (including phenoxy) is 1. The normalized spacial score (nSPS) is 26.8. The summed E-state index contributed by atoms with van der Waals surface area (Å²) in [6.45, 7) is 0. The number of rotatable bonds is 2. The van der Waals surface area contributed by atoms with Crippen LogP contribution in [0.3, 0.4) is 0 Å². The largest absolute Gasteiger partial charge is 0.468 e. The molecule has 0 N–H and O–H groups in total. The van der Waals surface area contributed by atoms with E-state index in [9.17, 15) is 9.59 Å². The van der Waals surface area contributed by atoms with E-state index < -0.39 is 11.4 Å². The fourth-order valence-electron chi connectivity index (χ4n) is 1.11. The Bertz CT molecular complexity index is 252. The Kier molecular flexibility index (Phi) is 2.43. The van der Waals surface area contributed by atoms with Crippen LogP contribution in [0, 0.1) is 5.41 Å². The third-order valence-corrected chi connectivity index (χ3v) is 1.87. The molecule has 0 spiro atoms. The molecule has 0 saturated carbocycles. The smallest absolute Gasteiger partial charge is 0.323 e. The molecular formula is C9H10O3. The van der Waals surface area contributed by atoms with Crippen molar-refractivity contribution < 1.29 is 14.3 Å². The Morgan fingerprint density at radius 1 is 1.58 bits per heavy atom. The van der Waals surface area contributed by atoms with Crippen molar-refractivity contribution in [2.45, 2.75) is 6.42 Å². The highest BCUT2D eigenvalue weighted by molar-refractivity contribution is 5.96. The second-order valence-electron chi connectivity index (χ2n) is 2.64. The van der Waals surface area contributed by atoms with Gasteiger partial charge in [-0.15, -0.1) is 0 Å². The van der Waals surface area contributed by atoms with Gasteiger partial charge < -0.3 is 9.53 Å². The van der Waals surface area contributed by atoms with E-state index in [2.05, 4.69) is 4.74 Å². The summed E-state index contributed by atoms with van der Waals surface area (Å²) in [6.07, 6.45) is 7.81. The number of aldehydes is 1. The van der Waals surface area contributed by atoms with Crippen LogP contribution in [0.2, 0.25) is 0 Å². The van der Waals surface area contributed by atoms with Crippen LogP contribution >= 0.6 is 0 Å². The van der Waals surface area contributed by atoms with Crippen LogP contribution in [0.4, 0.5) is 0 Å². The molecule has 0 aliphatic heterocycles. The first kappa shape index (κ1) is 8.71. The highest BCUT2D eigenvalue weighted by Gasteiger charge is 2.36. The highest BCUT2D eigenvalue weighted by atomic mass is 16.5. The van der Waals surface area contributed by atoms with Crippen molar-refractivity contribution in [3.8, 4) is 0 Å².